The summed E-state index contributed by atoms with van der Waals surface area (Å²) in [4.78, 5) is 2.61. The summed E-state index contributed by atoms with van der Waals surface area (Å²) in [6, 6.07) is 1.43. The Morgan fingerprint density at radius 1 is 1.38 bits per heavy atom. The Kier molecular flexibility index (Phi) is 4.74. The van der Waals surface area contributed by atoms with Gasteiger partial charge in [-0.2, -0.15) is 0 Å². The van der Waals surface area contributed by atoms with Gasteiger partial charge in [-0.05, 0) is 26.3 Å². The molecule has 0 spiro atoms. The van der Waals surface area contributed by atoms with E-state index in [4.69, 9.17) is 0 Å². The third-order valence-corrected chi connectivity index (χ3v) is 2.89. The van der Waals surface area contributed by atoms with Gasteiger partial charge in [0, 0.05) is 25.2 Å². The van der Waals surface area contributed by atoms with Crippen LogP contribution in [-0.4, -0.2) is 36.6 Å². The third-order valence-electron chi connectivity index (χ3n) is 2.89. The average Bonchev–Trinajstić information content (AvgIpc) is 2.08. The smallest absolute Gasteiger partial charge is 0.0110 e. The van der Waals surface area contributed by atoms with Crippen molar-refractivity contribution in [2.75, 3.05) is 19.6 Å². The fraction of sp³-hybridized carbons (Fsp3) is 1.00. The molecule has 1 fully saturated rings. The second-order valence-electron chi connectivity index (χ2n) is 4.49. The molecule has 0 aromatic rings. The number of likely N-dealkylation sites (tertiary alicyclic amines) is 1. The van der Waals surface area contributed by atoms with Gasteiger partial charge >= 0.3 is 0 Å². The van der Waals surface area contributed by atoms with Crippen molar-refractivity contribution >= 4 is 0 Å². The number of rotatable bonds is 4. The molecule has 1 saturated heterocycles. The molecule has 0 bridgehead atoms. The summed E-state index contributed by atoms with van der Waals surface area (Å²) in [6.07, 6.45) is 4.21. The minimum atomic E-state index is 0.625. The predicted octanol–water partition coefficient (Wildman–Crippen LogP) is 1.86. The highest BCUT2D eigenvalue weighted by Gasteiger charge is 2.16. The number of hydrogen-bond acceptors (Lipinski definition) is 2. The maximum absolute atomic E-state index is 3.47. The Bertz CT molecular complexity index is 134. The van der Waals surface area contributed by atoms with E-state index in [1.807, 2.05) is 0 Å². The minimum absolute atomic E-state index is 0.625. The van der Waals surface area contributed by atoms with Crippen LogP contribution in [0, 0.1) is 0 Å². The Labute approximate surface area is 82.7 Å². The summed E-state index contributed by atoms with van der Waals surface area (Å²) >= 11 is 0. The molecule has 1 heterocycles. The highest BCUT2D eigenvalue weighted by atomic mass is 15.2. The van der Waals surface area contributed by atoms with Crippen LogP contribution >= 0.6 is 0 Å². The number of nitrogens with one attached hydrogen (secondary N) is 1. The largest absolute Gasteiger partial charge is 0.313 e. The standard InChI is InChI=1S/C11H24N2/c1-10(2)12-7-9-13-8-5-4-6-11(13)3/h10-12H,4-9H2,1-3H3/t11-/m1/s1. The van der Waals surface area contributed by atoms with E-state index in [1.54, 1.807) is 0 Å². The van der Waals surface area contributed by atoms with Gasteiger partial charge in [0.2, 0.25) is 0 Å². The molecule has 0 aromatic heterocycles. The number of hydrogen-bond donors (Lipinski definition) is 1. The predicted molar refractivity (Wildman–Crippen MR) is 58.0 cm³/mol. The van der Waals surface area contributed by atoms with Crippen LogP contribution in [0.1, 0.15) is 40.0 Å². The molecule has 0 radical (unpaired) electrons. The van der Waals surface area contributed by atoms with Gasteiger partial charge in [-0.15, -0.1) is 0 Å². The van der Waals surface area contributed by atoms with E-state index >= 15 is 0 Å². The summed E-state index contributed by atoms with van der Waals surface area (Å²) in [5, 5.41) is 3.47. The second kappa shape index (κ2) is 5.61. The highest BCUT2D eigenvalue weighted by Crippen LogP contribution is 2.15. The molecule has 1 atom stereocenters. The zero-order valence-corrected chi connectivity index (χ0v) is 9.34. The van der Waals surface area contributed by atoms with Gasteiger partial charge in [0.25, 0.3) is 0 Å². The summed E-state index contributed by atoms with van der Waals surface area (Å²) in [7, 11) is 0. The Hall–Kier alpha value is -0.0800. The van der Waals surface area contributed by atoms with Gasteiger partial charge in [0.05, 0.1) is 0 Å². The van der Waals surface area contributed by atoms with Gasteiger partial charge in [-0.1, -0.05) is 20.3 Å². The monoisotopic (exact) mass is 184 g/mol. The van der Waals surface area contributed by atoms with Crippen molar-refractivity contribution in [2.45, 2.75) is 52.1 Å². The van der Waals surface area contributed by atoms with Gasteiger partial charge in [0.1, 0.15) is 0 Å². The van der Waals surface area contributed by atoms with E-state index in [0.717, 1.165) is 12.6 Å². The van der Waals surface area contributed by atoms with Gasteiger partial charge < -0.3 is 5.32 Å². The van der Waals surface area contributed by atoms with Crippen LogP contribution in [-0.2, 0) is 0 Å². The fourth-order valence-corrected chi connectivity index (χ4v) is 1.99. The van der Waals surface area contributed by atoms with Crippen LogP contribution in [0.15, 0.2) is 0 Å². The fourth-order valence-electron chi connectivity index (χ4n) is 1.99. The lowest BCUT2D eigenvalue weighted by atomic mass is 10.0. The van der Waals surface area contributed by atoms with Crippen molar-refractivity contribution in [3.63, 3.8) is 0 Å². The maximum Gasteiger partial charge on any atom is 0.0110 e. The maximum atomic E-state index is 3.47. The first kappa shape index (κ1) is 11.0. The van der Waals surface area contributed by atoms with Crippen LogP contribution < -0.4 is 5.32 Å². The molecule has 78 valence electrons. The van der Waals surface area contributed by atoms with Crippen molar-refractivity contribution < 1.29 is 0 Å². The first-order valence-corrected chi connectivity index (χ1v) is 5.67. The zero-order valence-electron chi connectivity index (χ0n) is 9.34. The molecule has 0 unspecified atom stereocenters. The summed E-state index contributed by atoms with van der Waals surface area (Å²) in [5.74, 6) is 0. The molecular weight excluding hydrogens is 160 g/mol. The van der Waals surface area contributed by atoms with Crippen molar-refractivity contribution in [3.8, 4) is 0 Å². The molecule has 0 saturated carbocycles. The topological polar surface area (TPSA) is 15.3 Å². The first-order chi connectivity index (χ1) is 6.20. The lowest BCUT2D eigenvalue weighted by Crippen LogP contribution is -2.42. The molecule has 2 nitrogen and oxygen atoms in total. The zero-order chi connectivity index (χ0) is 9.68. The number of nitrogens with zero attached hydrogens (tertiary/aromatic N) is 1. The first-order valence-electron chi connectivity index (χ1n) is 5.67. The normalized spacial score (nSPS) is 25.4. The SMILES string of the molecule is CC(C)NCCN1CCCC[C@H]1C. The Morgan fingerprint density at radius 2 is 2.15 bits per heavy atom. The molecule has 1 N–H and O–H groups in total. The van der Waals surface area contributed by atoms with Crippen LogP contribution in [0.2, 0.25) is 0 Å². The molecular formula is C11H24N2. The molecule has 0 aliphatic carbocycles. The van der Waals surface area contributed by atoms with Crippen LogP contribution in [0.5, 0.6) is 0 Å². The van der Waals surface area contributed by atoms with Crippen LogP contribution in [0.4, 0.5) is 0 Å². The van der Waals surface area contributed by atoms with E-state index in [-0.39, 0.29) is 0 Å². The van der Waals surface area contributed by atoms with Crippen LogP contribution in [0.3, 0.4) is 0 Å². The lowest BCUT2D eigenvalue weighted by Gasteiger charge is -2.33. The Morgan fingerprint density at radius 3 is 2.77 bits per heavy atom. The van der Waals surface area contributed by atoms with Crippen LogP contribution in [0.25, 0.3) is 0 Å². The van der Waals surface area contributed by atoms with Gasteiger partial charge in [0.15, 0.2) is 0 Å². The van der Waals surface area contributed by atoms with Crippen molar-refractivity contribution in [3.05, 3.63) is 0 Å². The molecule has 13 heavy (non-hydrogen) atoms. The van der Waals surface area contributed by atoms with E-state index in [9.17, 15) is 0 Å². The summed E-state index contributed by atoms with van der Waals surface area (Å²) in [5.41, 5.74) is 0. The minimum Gasteiger partial charge on any atom is -0.313 e. The molecule has 0 amide bonds. The van der Waals surface area contributed by atoms with E-state index in [0.29, 0.717) is 6.04 Å². The van der Waals surface area contributed by atoms with Crippen molar-refractivity contribution in [2.24, 2.45) is 0 Å². The summed E-state index contributed by atoms with van der Waals surface area (Å²) in [6.45, 7) is 10.4. The lowest BCUT2D eigenvalue weighted by molar-refractivity contribution is 0.160. The van der Waals surface area contributed by atoms with E-state index in [2.05, 4.69) is 31.0 Å². The van der Waals surface area contributed by atoms with Crippen molar-refractivity contribution in [1.29, 1.82) is 0 Å². The highest BCUT2D eigenvalue weighted by molar-refractivity contribution is 4.73. The molecule has 1 aliphatic heterocycles. The molecule has 0 aromatic carbocycles. The number of piperidine rings is 1. The van der Waals surface area contributed by atoms with Gasteiger partial charge in [-0.3, -0.25) is 4.90 Å². The molecule has 1 rings (SSSR count). The second-order valence-corrected chi connectivity index (χ2v) is 4.49. The molecule has 1 aliphatic rings. The van der Waals surface area contributed by atoms with Gasteiger partial charge in [-0.25, -0.2) is 0 Å². The third kappa shape index (κ3) is 4.10. The average molecular weight is 184 g/mol. The summed E-state index contributed by atoms with van der Waals surface area (Å²) < 4.78 is 0. The quantitative estimate of drug-likeness (QED) is 0.717. The van der Waals surface area contributed by atoms with Crippen molar-refractivity contribution in [1.82, 2.24) is 10.2 Å². The van der Waals surface area contributed by atoms with E-state index in [1.165, 1.54) is 32.4 Å². The van der Waals surface area contributed by atoms with E-state index < -0.39 is 0 Å². The Balaban J connectivity index is 2.11. The molecule has 2 heteroatoms.